The summed E-state index contributed by atoms with van der Waals surface area (Å²) in [5, 5.41) is 7.00. The molecule has 0 fully saturated rings. The Morgan fingerprint density at radius 3 is 2.70 bits per heavy atom. The van der Waals surface area contributed by atoms with Crippen LogP contribution in [0.4, 0.5) is 23.0 Å². The summed E-state index contributed by atoms with van der Waals surface area (Å²) in [4.78, 5) is 12.7. The first-order chi connectivity index (χ1) is 9.63. The third-order valence-electron chi connectivity index (χ3n) is 2.59. The van der Waals surface area contributed by atoms with E-state index in [1.807, 2.05) is 38.1 Å². The molecule has 0 bridgehead atoms. The molecule has 0 aliphatic rings. The summed E-state index contributed by atoms with van der Waals surface area (Å²) in [5.74, 6) is 1.92. The highest BCUT2D eigenvalue weighted by Gasteiger charge is 2.11. The number of halogens is 1. The second-order valence-electron chi connectivity index (χ2n) is 4.14. The summed E-state index contributed by atoms with van der Waals surface area (Å²) in [5.41, 5.74) is 1.43. The van der Waals surface area contributed by atoms with Crippen LogP contribution in [0.1, 0.15) is 12.7 Å². The van der Waals surface area contributed by atoms with Crippen LogP contribution in [-0.4, -0.2) is 23.2 Å². The Labute approximate surface area is 123 Å². The maximum absolute atomic E-state index is 5.98. The van der Waals surface area contributed by atoms with Crippen molar-refractivity contribution in [1.82, 2.24) is 9.97 Å². The van der Waals surface area contributed by atoms with E-state index < -0.39 is 0 Å². The average molecular weight is 290 g/mol. The van der Waals surface area contributed by atoms with Crippen molar-refractivity contribution in [3.63, 3.8) is 0 Å². The van der Waals surface area contributed by atoms with E-state index in [2.05, 4.69) is 32.3 Å². The molecule has 1 aromatic carbocycles. The molecule has 2 aromatic rings. The van der Waals surface area contributed by atoms with Crippen molar-refractivity contribution in [1.29, 1.82) is 0 Å². The smallest absolute Gasteiger partial charge is 0.162 e. The largest absolute Gasteiger partial charge is 0.368 e. The molecule has 2 N–H and O–H groups in total. The van der Waals surface area contributed by atoms with Crippen molar-refractivity contribution in [3.8, 4) is 0 Å². The molecule has 0 spiro atoms. The number of anilines is 3. The van der Waals surface area contributed by atoms with E-state index in [1.54, 1.807) is 0 Å². The van der Waals surface area contributed by atoms with E-state index >= 15 is 0 Å². The molecule has 0 atom stereocenters. The first kappa shape index (κ1) is 14.3. The zero-order chi connectivity index (χ0) is 14.5. The number of nitrogens with zero attached hydrogens (tertiary/aromatic N) is 3. The average Bonchev–Trinajstić information content (AvgIpc) is 2.39. The minimum atomic E-state index is 0.595. The van der Waals surface area contributed by atoms with Gasteiger partial charge in [0.25, 0.3) is 0 Å². The van der Waals surface area contributed by atoms with Crippen molar-refractivity contribution in [2.24, 2.45) is 4.99 Å². The molecule has 0 saturated heterocycles. The fourth-order valence-corrected chi connectivity index (χ4v) is 1.99. The Kier molecular flexibility index (Phi) is 4.53. The molecule has 6 heteroatoms. The van der Waals surface area contributed by atoms with Gasteiger partial charge < -0.3 is 10.6 Å². The molecule has 104 valence electrons. The highest BCUT2D eigenvalue weighted by atomic mass is 35.5. The van der Waals surface area contributed by atoms with Crippen LogP contribution in [0.15, 0.2) is 29.3 Å². The molecule has 0 aliphatic heterocycles. The number of benzene rings is 1. The highest BCUT2D eigenvalue weighted by Crippen LogP contribution is 2.32. The van der Waals surface area contributed by atoms with E-state index in [9.17, 15) is 0 Å². The Morgan fingerprint density at radius 2 is 2.05 bits per heavy atom. The number of hydrogen-bond donors (Lipinski definition) is 2. The lowest BCUT2D eigenvalue weighted by molar-refractivity contribution is 1.04. The summed E-state index contributed by atoms with van der Waals surface area (Å²) in [6.07, 6.45) is 0. The van der Waals surface area contributed by atoms with Crippen LogP contribution in [-0.2, 0) is 0 Å². The van der Waals surface area contributed by atoms with Gasteiger partial charge in [-0.3, -0.25) is 4.99 Å². The molecule has 20 heavy (non-hydrogen) atoms. The van der Waals surface area contributed by atoms with E-state index in [-0.39, 0.29) is 0 Å². The van der Waals surface area contributed by atoms with Crippen molar-refractivity contribution in [2.75, 3.05) is 17.2 Å². The Morgan fingerprint density at radius 1 is 1.30 bits per heavy atom. The fraction of sp³-hybridized carbons (Fsp3) is 0.214. The van der Waals surface area contributed by atoms with Crippen LogP contribution >= 0.6 is 11.6 Å². The van der Waals surface area contributed by atoms with Crippen LogP contribution in [0.2, 0.25) is 5.02 Å². The fourth-order valence-electron chi connectivity index (χ4n) is 1.80. The third-order valence-corrected chi connectivity index (χ3v) is 2.82. The Hall–Kier alpha value is -2.14. The number of nitrogens with one attached hydrogen (secondary N) is 2. The number of hydrogen-bond acceptors (Lipinski definition) is 5. The normalized spacial score (nSPS) is 10.2. The lowest BCUT2D eigenvalue weighted by atomic mass is 10.3. The summed E-state index contributed by atoms with van der Waals surface area (Å²) in [6.45, 7) is 8.16. The summed E-state index contributed by atoms with van der Waals surface area (Å²) < 4.78 is 0. The van der Waals surface area contributed by atoms with Gasteiger partial charge >= 0.3 is 0 Å². The van der Waals surface area contributed by atoms with Gasteiger partial charge in [-0.1, -0.05) is 17.7 Å². The first-order valence-corrected chi connectivity index (χ1v) is 6.63. The molecule has 5 nitrogen and oxygen atoms in total. The predicted molar refractivity (Wildman–Crippen MR) is 84.9 cm³/mol. The molecule has 0 radical (unpaired) electrons. The van der Waals surface area contributed by atoms with Crippen molar-refractivity contribution in [3.05, 3.63) is 35.1 Å². The standard InChI is InChI=1S/C14H16ClN5/c1-4-17-13-12(16-3)14(19-9(2)18-13)20-11-7-5-6-10(15)8-11/h5-8H,3-4H2,1-2H3,(H2,17,18,19,20). The number of aromatic nitrogens is 2. The molecule has 2 rings (SSSR count). The van der Waals surface area contributed by atoms with Gasteiger partial charge in [-0.15, -0.1) is 0 Å². The molecule has 0 amide bonds. The highest BCUT2D eigenvalue weighted by molar-refractivity contribution is 6.30. The van der Waals surface area contributed by atoms with Crippen molar-refractivity contribution < 1.29 is 0 Å². The molecular formula is C14H16ClN5. The Bertz CT molecular complexity index is 627. The van der Waals surface area contributed by atoms with Crippen molar-refractivity contribution >= 4 is 41.3 Å². The number of aliphatic imine (C=N–C) groups is 1. The Balaban J connectivity index is 2.42. The molecular weight excluding hydrogens is 274 g/mol. The van der Waals surface area contributed by atoms with Gasteiger partial charge in [0.05, 0.1) is 0 Å². The van der Waals surface area contributed by atoms with Gasteiger partial charge in [0.1, 0.15) is 11.5 Å². The van der Waals surface area contributed by atoms with Crippen molar-refractivity contribution in [2.45, 2.75) is 13.8 Å². The van der Waals surface area contributed by atoms with E-state index in [4.69, 9.17) is 11.6 Å². The monoisotopic (exact) mass is 289 g/mol. The lowest BCUT2D eigenvalue weighted by Crippen LogP contribution is -2.05. The van der Waals surface area contributed by atoms with Crippen LogP contribution in [0.3, 0.4) is 0 Å². The maximum atomic E-state index is 5.98. The summed E-state index contributed by atoms with van der Waals surface area (Å²) in [7, 11) is 0. The number of rotatable bonds is 5. The SMILES string of the molecule is C=Nc1c(NCC)nc(C)nc1Nc1cccc(Cl)c1. The van der Waals surface area contributed by atoms with Gasteiger partial charge in [-0.05, 0) is 38.8 Å². The summed E-state index contributed by atoms with van der Waals surface area (Å²) in [6, 6.07) is 7.40. The second kappa shape index (κ2) is 6.34. The van der Waals surface area contributed by atoms with Gasteiger partial charge in [0.2, 0.25) is 0 Å². The third kappa shape index (κ3) is 3.24. The van der Waals surface area contributed by atoms with E-state index in [0.717, 1.165) is 12.2 Å². The zero-order valence-electron chi connectivity index (χ0n) is 11.4. The minimum Gasteiger partial charge on any atom is -0.368 e. The molecule has 1 heterocycles. The molecule has 1 aromatic heterocycles. The lowest BCUT2D eigenvalue weighted by Gasteiger charge is -2.13. The van der Waals surface area contributed by atoms with Crippen LogP contribution in [0.5, 0.6) is 0 Å². The maximum Gasteiger partial charge on any atom is 0.162 e. The predicted octanol–water partition coefficient (Wildman–Crippen LogP) is 3.95. The van der Waals surface area contributed by atoms with Crippen LogP contribution < -0.4 is 10.6 Å². The van der Waals surface area contributed by atoms with Gasteiger partial charge in [-0.2, -0.15) is 0 Å². The molecule has 0 aliphatic carbocycles. The topological polar surface area (TPSA) is 62.2 Å². The summed E-state index contributed by atoms with van der Waals surface area (Å²) >= 11 is 5.98. The van der Waals surface area contributed by atoms with Gasteiger partial charge in [0, 0.05) is 17.3 Å². The zero-order valence-corrected chi connectivity index (χ0v) is 12.2. The van der Waals surface area contributed by atoms with E-state index in [1.165, 1.54) is 0 Å². The minimum absolute atomic E-state index is 0.595. The quantitative estimate of drug-likeness (QED) is 0.818. The number of aryl methyl sites for hydroxylation is 1. The molecule has 0 saturated carbocycles. The van der Waals surface area contributed by atoms with Crippen LogP contribution in [0.25, 0.3) is 0 Å². The van der Waals surface area contributed by atoms with E-state index in [0.29, 0.717) is 28.2 Å². The van der Waals surface area contributed by atoms with Crippen LogP contribution in [0, 0.1) is 6.92 Å². The van der Waals surface area contributed by atoms with Gasteiger partial charge in [0.15, 0.2) is 11.6 Å². The molecule has 0 unspecified atom stereocenters. The van der Waals surface area contributed by atoms with Gasteiger partial charge in [-0.25, -0.2) is 9.97 Å². The second-order valence-corrected chi connectivity index (χ2v) is 4.58. The first-order valence-electron chi connectivity index (χ1n) is 6.26.